The van der Waals surface area contributed by atoms with Crippen molar-refractivity contribution >= 4 is 11.8 Å². The molecule has 0 atom stereocenters. The summed E-state index contributed by atoms with van der Waals surface area (Å²) >= 11 is 0. The summed E-state index contributed by atoms with van der Waals surface area (Å²) in [4.78, 5) is 26.9. The first-order chi connectivity index (χ1) is 13.6. The third-order valence-electron chi connectivity index (χ3n) is 4.84. The molecule has 2 N–H and O–H groups in total. The molecular weight excluding hydrogens is 362 g/mol. The summed E-state index contributed by atoms with van der Waals surface area (Å²) in [5.74, 6) is 1.09. The fraction of sp³-hybridized carbons (Fsp3) is 0.600. The minimum absolute atomic E-state index is 0.0529. The molecule has 0 spiro atoms. The largest absolute Gasteiger partial charge is 0.497 e. The van der Waals surface area contributed by atoms with Crippen LogP contribution in [0.1, 0.15) is 23.2 Å². The molecule has 28 heavy (non-hydrogen) atoms. The lowest BCUT2D eigenvalue weighted by Crippen LogP contribution is -2.44. The summed E-state index contributed by atoms with van der Waals surface area (Å²) in [6, 6.07) is 5.15. The van der Waals surface area contributed by atoms with E-state index in [0.717, 1.165) is 6.54 Å². The second-order valence-corrected chi connectivity index (χ2v) is 6.70. The number of likely N-dealkylation sites (tertiary alicyclic amines) is 1. The molecular formula is C20H31N3O5. The van der Waals surface area contributed by atoms with Crippen LogP contribution in [0.4, 0.5) is 0 Å². The topological polar surface area (TPSA) is 89.1 Å². The molecule has 1 fully saturated rings. The van der Waals surface area contributed by atoms with Gasteiger partial charge in [0.25, 0.3) is 5.91 Å². The Bertz CT molecular complexity index is 622. The van der Waals surface area contributed by atoms with Gasteiger partial charge < -0.3 is 29.7 Å². The number of hydrogen-bond donors (Lipinski definition) is 2. The lowest BCUT2D eigenvalue weighted by molar-refractivity contribution is -0.126. The average Bonchev–Trinajstić information content (AvgIpc) is 2.75. The zero-order valence-corrected chi connectivity index (χ0v) is 17.0. The Kier molecular flexibility index (Phi) is 9.03. The Balaban J connectivity index is 1.80. The van der Waals surface area contributed by atoms with Crippen molar-refractivity contribution in [1.29, 1.82) is 0 Å². The molecule has 0 bridgehead atoms. The minimum Gasteiger partial charge on any atom is -0.497 e. The summed E-state index contributed by atoms with van der Waals surface area (Å²) in [6.45, 7) is 3.84. The van der Waals surface area contributed by atoms with Crippen LogP contribution in [0.3, 0.4) is 0 Å². The van der Waals surface area contributed by atoms with Crippen LogP contribution in [0, 0.1) is 5.92 Å². The van der Waals surface area contributed by atoms with Gasteiger partial charge in [0.1, 0.15) is 11.5 Å². The van der Waals surface area contributed by atoms with Gasteiger partial charge in [-0.3, -0.25) is 9.59 Å². The fourth-order valence-corrected chi connectivity index (χ4v) is 3.18. The number of benzene rings is 1. The maximum absolute atomic E-state index is 12.8. The number of amides is 2. The number of ether oxygens (including phenoxy) is 3. The van der Waals surface area contributed by atoms with Crippen molar-refractivity contribution < 1.29 is 23.8 Å². The highest BCUT2D eigenvalue weighted by atomic mass is 16.5. The van der Waals surface area contributed by atoms with Crippen LogP contribution >= 0.6 is 0 Å². The van der Waals surface area contributed by atoms with Gasteiger partial charge >= 0.3 is 0 Å². The van der Waals surface area contributed by atoms with Gasteiger partial charge in [0.05, 0.1) is 20.8 Å². The summed E-state index contributed by atoms with van der Waals surface area (Å²) in [5.41, 5.74) is 0.529. The molecule has 1 aromatic rings. The molecule has 1 saturated heterocycles. The maximum Gasteiger partial charge on any atom is 0.254 e. The lowest BCUT2D eigenvalue weighted by Gasteiger charge is -2.31. The molecule has 1 aliphatic rings. The second-order valence-electron chi connectivity index (χ2n) is 6.70. The lowest BCUT2D eigenvalue weighted by atomic mass is 9.95. The van der Waals surface area contributed by atoms with Gasteiger partial charge in [0, 0.05) is 57.4 Å². The molecule has 0 saturated carbocycles. The summed E-state index contributed by atoms with van der Waals surface area (Å²) in [5, 5.41) is 6.15. The predicted octanol–water partition coefficient (Wildman–Crippen LogP) is 0.908. The summed E-state index contributed by atoms with van der Waals surface area (Å²) in [6.07, 6.45) is 1.32. The first-order valence-corrected chi connectivity index (χ1v) is 9.58. The summed E-state index contributed by atoms with van der Waals surface area (Å²) < 4.78 is 15.4. The number of nitrogens with zero attached hydrogens (tertiary/aromatic N) is 1. The van der Waals surface area contributed by atoms with Crippen LogP contribution in [0.5, 0.6) is 11.5 Å². The van der Waals surface area contributed by atoms with Crippen LogP contribution in [0.25, 0.3) is 0 Å². The zero-order valence-electron chi connectivity index (χ0n) is 17.0. The number of carbonyl (C=O) groups excluding carboxylic acids is 2. The molecule has 0 aromatic heterocycles. The van der Waals surface area contributed by atoms with Crippen molar-refractivity contribution in [1.82, 2.24) is 15.5 Å². The van der Waals surface area contributed by atoms with Gasteiger partial charge in [-0.25, -0.2) is 0 Å². The van der Waals surface area contributed by atoms with E-state index in [9.17, 15) is 9.59 Å². The van der Waals surface area contributed by atoms with Gasteiger partial charge in [-0.15, -0.1) is 0 Å². The summed E-state index contributed by atoms with van der Waals surface area (Å²) in [7, 11) is 4.77. The van der Waals surface area contributed by atoms with Gasteiger partial charge in [0.2, 0.25) is 5.91 Å². The minimum atomic E-state index is -0.0709. The van der Waals surface area contributed by atoms with Crippen molar-refractivity contribution in [3.05, 3.63) is 23.8 Å². The van der Waals surface area contributed by atoms with Crippen molar-refractivity contribution in [2.45, 2.75) is 12.8 Å². The number of hydrogen-bond acceptors (Lipinski definition) is 6. The molecule has 8 heteroatoms. The zero-order chi connectivity index (χ0) is 20.4. The van der Waals surface area contributed by atoms with Crippen LogP contribution in [0.2, 0.25) is 0 Å². The normalized spacial score (nSPS) is 14.6. The van der Waals surface area contributed by atoms with E-state index in [2.05, 4.69) is 10.6 Å². The Morgan fingerprint density at radius 3 is 2.21 bits per heavy atom. The molecule has 1 heterocycles. The van der Waals surface area contributed by atoms with Gasteiger partial charge in [-0.2, -0.15) is 0 Å². The smallest absolute Gasteiger partial charge is 0.254 e. The molecule has 0 radical (unpaired) electrons. The number of rotatable bonds is 10. The number of piperidine rings is 1. The van der Waals surface area contributed by atoms with E-state index in [-0.39, 0.29) is 17.7 Å². The Hall–Kier alpha value is -2.32. The highest BCUT2D eigenvalue weighted by Gasteiger charge is 2.28. The third kappa shape index (κ3) is 6.38. The van der Waals surface area contributed by atoms with E-state index < -0.39 is 0 Å². The van der Waals surface area contributed by atoms with Gasteiger partial charge in [-0.1, -0.05) is 0 Å². The van der Waals surface area contributed by atoms with E-state index >= 15 is 0 Å². The SMILES string of the molecule is COCCNCCNC(=O)C1CCN(C(=O)c2cc(OC)cc(OC)c2)CC1. The van der Waals surface area contributed by atoms with E-state index in [1.807, 2.05) is 0 Å². The fourth-order valence-electron chi connectivity index (χ4n) is 3.18. The predicted molar refractivity (Wildman–Crippen MR) is 106 cm³/mol. The van der Waals surface area contributed by atoms with E-state index in [1.54, 1.807) is 44.4 Å². The molecule has 1 aromatic carbocycles. The molecule has 0 unspecified atom stereocenters. The van der Waals surface area contributed by atoms with E-state index in [1.165, 1.54) is 0 Å². The maximum atomic E-state index is 12.8. The third-order valence-corrected chi connectivity index (χ3v) is 4.84. The number of methoxy groups -OCH3 is 3. The van der Waals surface area contributed by atoms with E-state index in [0.29, 0.717) is 62.7 Å². The van der Waals surface area contributed by atoms with Crippen molar-refractivity contribution in [3.63, 3.8) is 0 Å². The number of nitrogens with one attached hydrogen (secondary N) is 2. The first kappa shape index (κ1) is 22.0. The molecule has 0 aliphatic carbocycles. The molecule has 8 nitrogen and oxygen atoms in total. The standard InChI is InChI=1S/C20H31N3O5/c1-26-11-8-21-6-7-22-19(24)15-4-9-23(10-5-15)20(25)16-12-17(27-2)14-18(13-16)28-3/h12-15,21H,4-11H2,1-3H3,(H,22,24). The van der Waals surface area contributed by atoms with Crippen LogP contribution in [-0.4, -0.2) is 77.4 Å². The van der Waals surface area contributed by atoms with Crippen molar-refractivity contribution in [2.24, 2.45) is 5.92 Å². The van der Waals surface area contributed by atoms with Crippen LogP contribution in [0.15, 0.2) is 18.2 Å². The van der Waals surface area contributed by atoms with E-state index in [4.69, 9.17) is 14.2 Å². The number of carbonyl (C=O) groups is 2. The van der Waals surface area contributed by atoms with Crippen LogP contribution < -0.4 is 20.1 Å². The molecule has 2 rings (SSSR count). The Morgan fingerprint density at radius 2 is 1.64 bits per heavy atom. The molecule has 2 amide bonds. The Labute approximate surface area is 166 Å². The Morgan fingerprint density at radius 1 is 1.00 bits per heavy atom. The highest BCUT2D eigenvalue weighted by molar-refractivity contribution is 5.95. The molecule has 1 aliphatic heterocycles. The van der Waals surface area contributed by atoms with Gasteiger partial charge in [-0.05, 0) is 25.0 Å². The quantitative estimate of drug-likeness (QED) is 0.575. The molecule has 156 valence electrons. The van der Waals surface area contributed by atoms with Crippen LogP contribution in [-0.2, 0) is 9.53 Å². The second kappa shape index (κ2) is 11.5. The highest BCUT2D eigenvalue weighted by Crippen LogP contribution is 2.25. The average molecular weight is 393 g/mol. The van der Waals surface area contributed by atoms with Crippen molar-refractivity contribution in [3.8, 4) is 11.5 Å². The monoisotopic (exact) mass is 393 g/mol. The van der Waals surface area contributed by atoms with Gasteiger partial charge in [0.15, 0.2) is 0 Å². The van der Waals surface area contributed by atoms with Crippen molar-refractivity contribution in [2.75, 3.05) is 60.7 Å². The first-order valence-electron chi connectivity index (χ1n) is 9.58.